The molecule has 1 aromatic carbocycles. The lowest BCUT2D eigenvalue weighted by Gasteiger charge is -2.10. The topological polar surface area (TPSA) is 100 Å². The van der Waals surface area contributed by atoms with E-state index in [0.717, 1.165) is 24.1 Å². The van der Waals surface area contributed by atoms with Gasteiger partial charge in [0.15, 0.2) is 6.61 Å². The molecule has 1 aromatic heterocycles. The monoisotopic (exact) mass is 369 g/mol. The van der Waals surface area contributed by atoms with E-state index < -0.39 is 0 Å². The second-order valence-electron chi connectivity index (χ2n) is 6.80. The lowest BCUT2D eigenvalue weighted by atomic mass is 10.1. The van der Waals surface area contributed by atoms with Crippen molar-refractivity contribution in [2.24, 2.45) is 5.92 Å². The number of hydrogen-bond acceptors (Lipinski definition) is 4. The number of aromatic amines is 1. The van der Waals surface area contributed by atoms with Gasteiger partial charge in [-0.3, -0.25) is 14.4 Å². The van der Waals surface area contributed by atoms with E-state index in [4.69, 9.17) is 4.74 Å². The van der Waals surface area contributed by atoms with Crippen LogP contribution in [0.5, 0.6) is 5.75 Å². The largest absolute Gasteiger partial charge is 0.484 e. The number of ether oxygens (including phenoxy) is 1. The Hall–Kier alpha value is -3.09. The minimum atomic E-state index is -0.332. The number of benzene rings is 1. The molecule has 1 aliphatic carbocycles. The van der Waals surface area contributed by atoms with Crippen LogP contribution >= 0.6 is 0 Å². The number of carbonyl (C=O) groups is 2. The Morgan fingerprint density at radius 3 is 2.70 bits per heavy atom. The molecule has 0 bridgehead atoms. The van der Waals surface area contributed by atoms with Gasteiger partial charge in [-0.25, -0.2) is 0 Å². The highest BCUT2D eigenvalue weighted by Crippen LogP contribution is 2.30. The SMILES string of the molecule is Cc1cc(C)c(CNC(=O)COc2cccc(NC(=O)C3CC3)c2)c(=O)[nH]1. The van der Waals surface area contributed by atoms with Gasteiger partial charge >= 0.3 is 0 Å². The van der Waals surface area contributed by atoms with Crippen molar-refractivity contribution in [3.05, 3.63) is 57.5 Å². The number of amides is 2. The van der Waals surface area contributed by atoms with Gasteiger partial charge in [-0.15, -0.1) is 0 Å². The molecule has 7 nitrogen and oxygen atoms in total. The van der Waals surface area contributed by atoms with Crippen molar-refractivity contribution in [2.45, 2.75) is 33.2 Å². The van der Waals surface area contributed by atoms with E-state index in [-0.39, 0.29) is 36.4 Å². The van der Waals surface area contributed by atoms with Gasteiger partial charge in [0.05, 0.1) is 0 Å². The van der Waals surface area contributed by atoms with Crippen molar-refractivity contribution in [2.75, 3.05) is 11.9 Å². The number of H-pyrrole nitrogens is 1. The minimum Gasteiger partial charge on any atom is -0.484 e. The van der Waals surface area contributed by atoms with E-state index in [0.29, 0.717) is 17.0 Å². The van der Waals surface area contributed by atoms with Crippen LogP contribution < -0.4 is 20.9 Å². The number of rotatable bonds is 7. The van der Waals surface area contributed by atoms with E-state index >= 15 is 0 Å². The van der Waals surface area contributed by atoms with E-state index in [1.807, 2.05) is 19.9 Å². The first kappa shape index (κ1) is 18.7. The third-order valence-corrected chi connectivity index (χ3v) is 4.38. The maximum absolute atomic E-state index is 12.0. The Morgan fingerprint density at radius 1 is 1.22 bits per heavy atom. The fraction of sp³-hybridized carbons (Fsp3) is 0.350. The third-order valence-electron chi connectivity index (χ3n) is 4.38. The predicted molar refractivity (Wildman–Crippen MR) is 102 cm³/mol. The highest BCUT2D eigenvalue weighted by Gasteiger charge is 2.29. The van der Waals surface area contributed by atoms with Crippen LogP contribution in [-0.2, 0) is 16.1 Å². The minimum absolute atomic E-state index is 0.0172. The Bertz CT molecular complexity index is 916. The van der Waals surface area contributed by atoms with Crippen molar-refractivity contribution < 1.29 is 14.3 Å². The molecule has 3 rings (SSSR count). The molecule has 0 radical (unpaired) electrons. The second kappa shape index (κ2) is 8.07. The number of nitrogens with one attached hydrogen (secondary N) is 3. The highest BCUT2D eigenvalue weighted by atomic mass is 16.5. The average Bonchev–Trinajstić information content (AvgIpc) is 3.44. The summed E-state index contributed by atoms with van der Waals surface area (Å²) in [6, 6.07) is 8.79. The number of hydrogen-bond donors (Lipinski definition) is 3. The van der Waals surface area contributed by atoms with Gasteiger partial charge in [0.2, 0.25) is 5.91 Å². The van der Waals surface area contributed by atoms with E-state index in [1.54, 1.807) is 24.3 Å². The van der Waals surface area contributed by atoms with Gasteiger partial charge in [-0.05, 0) is 50.5 Å². The van der Waals surface area contributed by atoms with Gasteiger partial charge in [0, 0.05) is 35.5 Å². The normalized spacial score (nSPS) is 13.1. The summed E-state index contributed by atoms with van der Waals surface area (Å²) in [7, 11) is 0. The van der Waals surface area contributed by atoms with Gasteiger partial charge < -0.3 is 20.4 Å². The maximum atomic E-state index is 12.0. The van der Waals surface area contributed by atoms with Crippen LogP contribution in [0.2, 0.25) is 0 Å². The molecule has 2 aromatic rings. The average molecular weight is 369 g/mol. The summed E-state index contributed by atoms with van der Waals surface area (Å²) in [5.41, 5.74) is 2.58. The second-order valence-corrected chi connectivity index (χ2v) is 6.80. The first-order valence-corrected chi connectivity index (χ1v) is 8.92. The Labute approximate surface area is 157 Å². The molecule has 1 saturated carbocycles. The molecular formula is C20H23N3O4. The fourth-order valence-electron chi connectivity index (χ4n) is 2.74. The summed E-state index contributed by atoms with van der Waals surface area (Å²) in [4.78, 5) is 38.5. The first-order chi connectivity index (χ1) is 12.9. The molecule has 3 N–H and O–H groups in total. The first-order valence-electron chi connectivity index (χ1n) is 8.92. The van der Waals surface area contributed by atoms with Crippen LogP contribution in [0.3, 0.4) is 0 Å². The third kappa shape index (κ3) is 5.20. The van der Waals surface area contributed by atoms with E-state index in [1.165, 1.54) is 0 Å². The van der Waals surface area contributed by atoms with Crippen molar-refractivity contribution in [1.29, 1.82) is 0 Å². The summed E-state index contributed by atoms with van der Waals surface area (Å²) in [5, 5.41) is 5.52. The quantitative estimate of drug-likeness (QED) is 0.695. The molecule has 2 amide bonds. The molecule has 0 aliphatic heterocycles. The van der Waals surface area contributed by atoms with Gasteiger partial charge in [-0.2, -0.15) is 0 Å². The molecule has 1 aliphatic rings. The van der Waals surface area contributed by atoms with Crippen LogP contribution in [0.15, 0.2) is 35.1 Å². The molecule has 0 saturated heterocycles. The molecule has 0 atom stereocenters. The zero-order valence-corrected chi connectivity index (χ0v) is 15.4. The Morgan fingerprint density at radius 2 is 2.00 bits per heavy atom. The number of aromatic nitrogens is 1. The molecule has 7 heteroatoms. The van der Waals surface area contributed by atoms with E-state index in [9.17, 15) is 14.4 Å². The van der Waals surface area contributed by atoms with Gasteiger partial charge in [0.25, 0.3) is 11.5 Å². The lowest BCUT2D eigenvalue weighted by Crippen LogP contribution is -2.31. The van der Waals surface area contributed by atoms with Crippen molar-refractivity contribution in [3.8, 4) is 5.75 Å². The summed E-state index contributed by atoms with van der Waals surface area (Å²) < 4.78 is 5.48. The van der Waals surface area contributed by atoms with Crippen LogP contribution in [-0.4, -0.2) is 23.4 Å². The molecule has 0 spiro atoms. The van der Waals surface area contributed by atoms with Crippen LogP contribution in [0.25, 0.3) is 0 Å². The van der Waals surface area contributed by atoms with Crippen molar-refractivity contribution in [3.63, 3.8) is 0 Å². The molecule has 142 valence electrons. The smallest absolute Gasteiger partial charge is 0.258 e. The zero-order valence-electron chi connectivity index (χ0n) is 15.4. The standard InChI is InChI=1S/C20H23N3O4/c1-12-8-13(2)22-20(26)17(12)10-21-18(24)11-27-16-5-3-4-15(9-16)23-19(25)14-6-7-14/h3-5,8-9,14H,6-7,10-11H2,1-2H3,(H,21,24)(H,22,26)(H,23,25). The highest BCUT2D eigenvalue weighted by molar-refractivity contribution is 5.94. The lowest BCUT2D eigenvalue weighted by molar-refractivity contribution is -0.123. The summed E-state index contributed by atoms with van der Waals surface area (Å²) in [6.07, 6.45) is 1.87. The molecular weight excluding hydrogens is 346 g/mol. The number of pyridine rings is 1. The summed E-state index contributed by atoms with van der Waals surface area (Å²) in [6.45, 7) is 3.61. The van der Waals surface area contributed by atoms with Crippen LogP contribution in [0.1, 0.15) is 29.7 Å². The zero-order chi connectivity index (χ0) is 19.4. The molecule has 27 heavy (non-hydrogen) atoms. The molecule has 1 fully saturated rings. The van der Waals surface area contributed by atoms with Crippen molar-refractivity contribution >= 4 is 17.5 Å². The van der Waals surface area contributed by atoms with Crippen LogP contribution in [0, 0.1) is 19.8 Å². The summed E-state index contributed by atoms with van der Waals surface area (Å²) in [5.74, 6) is 0.294. The molecule has 1 heterocycles. The Balaban J connectivity index is 1.50. The molecule has 0 unspecified atom stereocenters. The van der Waals surface area contributed by atoms with Crippen LogP contribution in [0.4, 0.5) is 5.69 Å². The van der Waals surface area contributed by atoms with E-state index in [2.05, 4.69) is 15.6 Å². The summed E-state index contributed by atoms with van der Waals surface area (Å²) >= 11 is 0. The Kier molecular flexibility index (Phi) is 5.59. The number of aryl methyl sites for hydroxylation is 2. The van der Waals surface area contributed by atoms with Gasteiger partial charge in [0.1, 0.15) is 5.75 Å². The van der Waals surface area contributed by atoms with Gasteiger partial charge in [-0.1, -0.05) is 6.07 Å². The predicted octanol–water partition coefficient (Wildman–Crippen LogP) is 2.04. The number of anilines is 1. The number of carbonyl (C=O) groups excluding carboxylic acids is 2. The maximum Gasteiger partial charge on any atom is 0.258 e. The van der Waals surface area contributed by atoms with Crippen molar-refractivity contribution in [1.82, 2.24) is 10.3 Å². The fourth-order valence-corrected chi connectivity index (χ4v) is 2.74.